The van der Waals surface area contributed by atoms with E-state index in [9.17, 15) is 25.9 Å². The van der Waals surface area contributed by atoms with Crippen molar-refractivity contribution in [2.75, 3.05) is 0 Å². The van der Waals surface area contributed by atoms with Crippen molar-refractivity contribution >= 4 is 43.9 Å². The molecule has 0 fully saturated rings. The summed E-state index contributed by atoms with van der Waals surface area (Å²) in [6.45, 7) is 10.7. The predicted octanol–water partition coefficient (Wildman–Crippen LogP) is 8.13. The van der Waals surface area contributed by atoms with Crippen LogP contribution >= 0.6 is 0 Å². The number of fused-ring (bicyclic) bond motifs is 1. The van der Waals surface area contributed by atoms with Crippen molar-refractivity contribution in [2.24, 2.45) is 0 Å². The van der Waals surface area contributed by atoms with E-state index in [1.54, 1.807) is 0 Å². The van der Waals surface area contributed by atoms with Crippen LogP contribution in [0.4, 0.5) is 31.6 Å². The fourth-order valence-electron chi connectivity index (χ4n) is 6.94. The van der Waals surface area contributed by atoms with E-state index in [0.717, 1.165) is 76.7 Å². The first-order chi connectivity index (χ1) is 30.9. The topological polar surface area (TPSA) is 34.5 Å². The molecule has 0 saturated heterocycles. The van der Waals surface area contributed by atoms with Crippen LogP contribution in [-0.2, 0) is 30.4 Å². The van der Waals surface area contributed by atoms with Gasteiger partial charge in [0, 0.05) is 23.3 Å². The van der Waals surface area contributed by atoms with Crippen molar-refractivity contribution in [3.63, 3.8) is 0 Å². The average molecular weight is 908 g/mol. The first-order valence-corrected chi connectivity index (χ1v) is 21.3. The Kier molecular flexibility index (Phi) is 21.8. The smallest absolute Gasteiger partial charge is 0.762 e. The summed E-state index contributed by atoms with van der Waals surface area (Å²) < 4.78 is 70.3. The number of rotatable bonds is 9. The number of hydrogen-bond acceptors (Lipinski definition) is 1. The Labute approximate surface area is 383 Å². The van der Waals surface area contributed by atoms with Gasteiger partial charge in [-0.3, -0.25) is 25.9 Å². The Hall–Kier alpha value is -6.75. The molecule has 0 amide bonds. The molecule has 0 unspecified atom stereocenters. The van der Waals surface area contributed by atoms with E-state index in [2.05, 4.69) is 184 Å². The number of nitrogens with one attached hydrogen (secondary N) is 1. The Bertz CT molecular complexity index is 2510. The van der Waals surface area contributed by atoms with Gasteiger partial charge in [-0.15, -0.1) is 0 Å². The zero-order chi connectivity index (χ0) is 46.0. The van der Waals surface area contributed by atoms with E-state index in [1.807, 2.05) is 19.2 Å². The molecule has 0 bridgehead atoms. The molecule has 3 nitrogen and oxygen atoms in total. The lowest BCUT2D eigenvalue weighted by atomic mass is 9.98. The number of halogens is 8. The van der Waals surface area contributed by atoms with Gasteiger partial charge in [0.1, 0.15) is 11.5 Å². The van der Waals surface area contributed by atoms with Gasteiger partial charge in [-0.25, -0.2) is 9.41 Å². The molecule has 5 aromatic carbocycles. The maximum absolute atomic E-state index is 9.67. The maximum atomic E-state index is 9.67. The third kappa shape index (κ3) is 16.0. The van der Waals surface area contributed by atoms with Crippen molar-refractivity contribution in [1.82, 2.24) is 0 Å². The molecule has 2 aliphatic heterocycles. The van der Waals surface area contributed by atoms with Gasteiger partial charge in [0.05, 0.1) is 29.7 Å². The number of hydrogen-bond donors (Lipinski definition) is 1. The highest BCUT2D eigenvalue weighted by atomic mass is 19.4. The molecule has 3 heterocycles. The Morgan fingerprint density at radius 2 is 0.985 bits per heavy atom. The largest absolute Gasteiger partial charge is 1.00 e. The van der Waals surface area contributed by atoms with E-state index in [4.69, 9.17) is 9.15 Å². The highest BCUT2D eigenvalue weighted by Gasteiger charge is 2.19. The highest BCUT2D eigenvalue weighted by molar-refractivity contribution is 6.33. The molecule has 0 saturated carbocycles. The van der Waals surface area contributed by atoms with E-state index in [1.165, 1.54) is 44.5 Å². The Balaban J connectivity index is 0.000000306. The van der Waals surface area contributed by atoms with E-state index < -0.39 is 15.1 Å². The summed E-state index contributed by atoms with van der Waals surface area (Å²) >= 11 is 0. The minimum Gasteiger partial charge on any atom is -1.00 e. The molecule has 6 aromatic rings. The molecule has 2 aliphatic rings. The number of ether oxygens (including phenoxy) is 1. The van der Waals surface area contributed by atoms with Gasteiger partial charge >= 0.3 is 26.6 Å². The molecule has 66 heavy (non-hydrogen) atoms. The molecule has 0 aliphatic carbocycles. The third-order valence-electron chi connectivity index (χ3n) is 10.5. The summed E-state index contributed by atoms with van der Waals surface area (Å²) in [7, 11) is -7.33. The lowest BCUT2D eigenvalue weighted by Gasteiger charge is -2.18. The Morgan fingerprint density at radius 3 is 1.48 bits per heavy atom. The van der Waals surface area contributed by atoms with E-state index in [-0.39, 0.29) is 9.41 Å². The van der Waals surface area contributed by atoms with Crippen LogP contribution < -0.4 is 14.4 Å². The van der Waals surface area contributed by atoms with E-state index >= 15 is 0 Å². The molecule has 8 rings (SSSR count). The van der Waals surface area contributed by atoms with Crippen LogP contribution in [0.1, 0.15) is 72.4 Å². The molecular formula is C53H51B2F8NO2. The predicted molar refractivity (Wildman–Crippen MR) is 254 cm³/mol. The molecule has 342 valence electrons. The first-order valence-electron chi connectivity index (χ1n) is 21.3. The lowest BCUT2D eigenvalue weighted by molar-refractivity contribution is -0.342. The number of para-hydroxylation sites is 1. The molecule has 1 N–H and O–H groups in total. The van der Waals surface area contributed by atoms with Crippen molar-refractivity contribution in [2.45, 2.75) is 60.3 Å². The summed E-state index contributed by atoms with van der Waals surface area (Å²) in [6.07, 6.45) is 14.7. The second-order valence-corrected chi connectivity index (χ2v) is 14.8. The zero-order valence-electron chi connectivity index (χ0n) is 37.4. The van der Waals surface area contributed by atoms with Crippen LogP contribution in [0.25, 0.3) is 39.4 Å². The van der Waals surface area contributed by atoms with Crippen molar-refractivity contribution in [3.8, 4) is 22.5 Å². The number of aryl methyl sites for hydroxylation is 5. The third-order valence-corrected chi connectivity index (χ3v) is 10.5. The summed E-state index contributed by atoms with van der Waals surface area (Å²) in [4.78, 5) is 3.34. The van der Waals surface area contributed by atoms with Crippen molar-refractivity contribution < 1.29 is 49.4 Å². The normalized spacial score (nSPS) is 13.1. The van der Waals surface area contributed by atoms with Gasteiger partial charge in [0.25, 0.3) is 0 Å². The quantitative estimate of drug-likeness (QED) is 0.0905. The minimum atomic E-state index is -3.67. The lowest BCUT2D eigenvalue weighted by Crippen LogP contribution is -3.00. The van der Waals surface area contributed by atoms with Gasteiger partial charge in [-0.2, -0.15) is 0 Å². The molecule has 1 aromatic heterocycles. The van der Waals surface area contributed by atoms with Gasteiger partial charge in [0.15, 0.2) is 6.21 Å². The Morgan fingerprint density at radius 1 is 0.530 bits per heavy atom. The summed E-state index contributed by atoms with van der Waals surface area (Å²) in [5.41, 5.74) is 15.8. The van der Waals surface area contributed by atoms with Gasteiger partial charge in [-0.1, -0.05) is 125 Å². The molecular weight excluding hydrogens is 856 g/mol. The van der Waals surface area contributed by atoms with Crippen molar-refractivity contribution in [3.05, 3.63) is 208 Å². The van der Waals surface area contributed by atoms with E-state index in [0.29, 0.717) is 0 Å². The maximum Gasteiger partial charge on any atom is 0.762 e. The molecule has 0 atom stereocenters. The molecule has 0 spiro atoms. The van der Waals surface area contributed by atoms with Crippen LogP contribution in [0.2, 0.25) is 0 Å². The average Bonchev–Trinajstić information content (AvgIpc) is 3.73. The van der Waals surface area contributed by atoms with Gasteiger partial charge < -0.3 is 14.1 Å². The minimum absolute atomic E-state index is 0. The van der Waals surface area contributed by atoms with Crippen LogP contribution in [0.3, 0.4) is 0 Å². The summed E-state index contributed by atoms with van der Waals surface area (Å²) in [5, 5.41) is 0. The molecule has 0 radical (unpaired) electrons. The van der Waals surface area contributed by atoms with Crippen LogP contribution in [-0.4, -0.2) is 21.3 Å². The molecule has 13 heteroatoms. The van der Waals surface area contributed by atoms with Gasteiger partial charge in [-0.05, 0) is 107 Å². The fourth-order valence-corrected chi connectivity index (χ4v) is 6.94. The highest BCUT2D eigenvalue weighted by Crippen LogP contribution is 2.33. The number of allylic oxidation sites excluding steroid dienone is 6. The van der Waals surface area contributed by atoms with Crippen LogP contribution in [0, 0.1) is 6.92 Å². The monoisotopic (exact) mass is 907 g/mol. The van der Waals surface area contributed by atoms with Crippen LogP contribution in [0.5, 0.6) is 0 Å². The van der Waals surface area contributed by atoms with Crippen LogP contribution in [0.15, 0.2) is 168 Å². The first kappa shape index (κ1) is 53.6. The summed E-state index contributed by atoms with van der Waals surface area (Å²) in [5.74, 6) is 3.54. The zero-order valence-corrected chi connectivity index (χ0v) is 37.4. The summed E-state index contributed by atoms with van der Waals surface area (Å²) in [6, 6.07) is 47.4. The van der Waals surface area contributed by atoms with Crippen molar-refractivity contribution in [1.29, 1.82) is 0 Å². The van der Waals surface area contributed by atoms with Gasteiger partial charge in [0.2, 0.25) is 5.69 Å². The fraction of sp³-hybridized carbons (Fsp3) is 0.170. The SMILES string of the molecule is CCc1ccc(-c2cc(C)[o+]c(-c3ccc(CC)cc3)c2)cc1.CCc1ccc(C2=CC(=CC=C3C=[NH+]c4ccccc43)OC(c3ccc(CC)cc3)=C2)cc1.FB(F)F.FB(F)F.[F-].[F-]. The second-order valence-electron chi connectivity index (χ2n) is 14.8. The number of benzene rings is 5. The second kappa shape index (κ2) is 26.9. The standard InChI is InChI=1S/C31H27NO.C22H23O.2BF3.2FH/c1-3-22-9-13-24(14-10-22)27-19-28(18-17-26-21-32-30-8-6-5-7-29(26)30)33-31(20-27)25-15-11-23(4-2)12-16-25;1-4-17-6-10-19(11-7-17)21-14-16(3)23-22(15-21)20-12-8-18(5-2)9-13-20;2*2-1(3)4;;/h5-21H,3-4H2,1-2H3;6-15H,4-5H2,1-3H3;;;2*1H/q;+1;;;;/p-1.